The van der Waals surface area contributed by atoms with E-state index in [1.54, 1.807) is 23.9 Å². The molecule has 16 heavy (non-hydrogen) atoms. The van der Waals surface area contributed by atoms with Crippen LogP contribution in [0.1, 0.15) is 31.1 Å². The van der Waals surface area contributed by atoms with Crippen LogP contribution in [0.25, 0.3) is 0 Å². The van der Waals surface area contributed by atoms with Gasteiger partial charge >= 0.3 is 0 Å². The Balaban J connectivity index is 2.93. The Hall–Kier alpha value is -1.16. The lowest BCUT2D eigenvalue weighted by Crippen LogP contribution is -2.22. The van der Waals surface area contributed by atoms with Gasteiger partial charge in [-0.15, -0.1) is 11.8 Å². The summed E-state index contributed by atoms with van der Waals surface area (Å²) in [7, 11) is 0. The second kappa shape index (κ2) is 5.80. The molecule has 0 bridgehead atoms. The van der Waals surface area contributed by atoms with Crippen LogP contribution in [-0.4, -0.2) is 17.7 Å². The third-order valence-electron chi connectivity index (χ3n) is 1.98. The summed E-state index contributed by atoms with van der Waals surface area (Å²) in [4.78, 5) is 12.6. The van der Waals surface area contributed by atoms with Crippen molar-refractivity contribution in [1.29, 1.82) is 0 Å². The number of benzene rings is 1. The molecule has 0 aromatic heterocycles. The van der Waals surface area contributed by atoms with E-state index in [4.69, 9.17) is 5.73 Å². The third kappa shape index (κ3) is 3.45. The molecule has 0 unspecified atom stereocenters. The first-order chi connectivity index (χ1) is 7.54. The molecule has 0 saturated heterocycles. The fourth-order valence-electron chi connectivity index (χ4n) is 1.29. The number of nitrogens with two attached hydrogens (primary N) is 1. The molecule has 1 aromatic rings. The molecule has 0 spiro atoms. The minimum absolute atomic E-state index is 0.0480. The van der Waals surface area contributed by atoms with Crippen molar-refractivity contribution in [2.75, 3.05) is 12.3 Å². The van der Waals surface area contributed by atoms with Crippen LogP contribution < -0.4 is 11.1 Å². The lowest BCUT2D eigenvalue weighted by Gasteiger charge is -2.10. The summed E-state index contributed by atoms with van der Waals surface area (Å²) < 4.78 is 0. The Morgan fingerprint density at radius 1 is 1.50 bits per heavy atom. The summed E-state index contributed by atoms with van der Waals surface area (Å²) in [5.74, 6) is -0.0480. The maximum absolute atomic E-state index is 11.6. The SMILES string of the molecule is CCNC(=O)c1ccc(N)c(SC(C)C)c1. The number of anilines is 1. The van der Waals surface area contributed by atoms with Crippen molar-refractivity contribution in [2.45, 2.75) is 30.9 Å². The third-order valence-corrected chi connectivity index (χ3v) is 3.05. The molecule has 0 aliphatic heterocycles. The predicted molar refractivity (Wildman–Crippen MR) is 69.9 cm³/mol. The summed E-state index contributed by atoms with van der Waals surface area (Å²) in [6, 6.07) is 5.39. The second-order valence-electron chi connectivity index (χ2n) is 3.78. The zero-order valence-corrected chi connectivity index (χ0v) is 10.7. The average molecular weight is 238 g/mol. The van der Waals surface area contributed by atoms with Crippen LogP contribution in [0.3, 0.4) is 0 Å². The number of carbonyl (C=O) groups is 1. The minimum Gasteiger partial charge on any atom is -0.398 e. The van der Waals surface area contributed by atoms with Gasteiger partial charge in [-0.05, 0) is 25.1 Å². The minimum atomic E-state index is -0.0480. The lowest BCUT2D eigenvalue weighted by molar-refractivity contribution is 0.0955. The Morgan fingerprint density at radius 2 is 2.19 bits per heavy atom. The van der Waals surface area contributed by atoms with Gasteiger partial charge in [0.15, 0.2) is 0 Å². The number of rotatable bonds is 4. The van der Waals surface area contributed by atoms with Crippen LogP contribution in [0.5, 0.6) is 0 Å². The molecular weight excluding hydrogens is 220 g/mol. The highest BCUT2D eigenvalue weighted by atomic mass is 32.2. The van der Waals surface area contributed by atoms with Crippen LogP contribution >= 0.6 is 11.8 Å². The van der Waals surface area contributed by atoms with E-state index >= 15 is 0 Å². The number of amides is 1. The molecule has 0 atom stereocenters. The molecule has 0 aliphatic carbocycles. The molecule has 0 fully saturated rings. The molecule has 1 aromatic carbocycles. The van der Waals surface area contributed by atoms with Crippen LogP contribution in [0.2, 0.25) is 0 Å². The molecule has 1 rings (SSSR count). The quantitative estimate of drug-likeness (QED) is 0.626. The Bertz CT molecular complexity index is 377. The van der Waals surface area contributed by atoms with Gasteiger partial charge in [0.2, 0.25) is 0 Å². The summed E-state index contributed by atoms with van der Waals surface area (Å²) in [5, 5.41) is 3.22. The Kier molecular flexibility index (Phi) is 4.68. The van der Waals surface area contributed by atoms with Crippen molar-refractivity contribution in [1.82, 2.24) is 5.32 Å². The van der Waals surface area contributed by atoms with Crippen LogP contribution in [0.15, 0.2) is 23.1 Å². The van der Waals surface area contributed by atoms with Crippen molar-refractivity contribution >= 4 is 23.4 Å². The van der Waals surface area contributed by atoms with Crippen molar-refractivity contribution in [3.8, 4) is 0 Å². The zero-order valence-electron chi connectivity index (χ0n) is 9.91. The highest BCUT2D eigenvalue weighted by Crippen LogP contribution is 2.29. The first-order valence-electron chi connectivity index (χ1n) is 5.39. The van der Waals surface area contributed by atoms with Gasteiger partial charge in [-0.3, -0.25) is 4.79 Å². The highest BCUT2D eigenvalue weighted by Gasteiger charge is 2.08. The maximum atomic E-state index is 11.6. The van der Waals surface area contributed by atoms with Gasteiger partial charge < -0.3 is 11.1 Å². The topological polar surface area (TPSA) is 55.1 Å². The summed E-state index contributed by atoms with van der Waals surface area (Å²) in [6.45, 7) is 6.74. The van der Waals surface area contributed by atoms with Crippen molar-refractivity contribution < 1.29 is 4.79 Å². The van der Waals surface area contributed by atoms with E-state index in [2.05, 4.69) is 19.2 Å². The van der Waals surface area contributed by atoms with Gasteiger partial charge in [-0.1, -0.05) is 13.8 Å². The van der Waals surface area contributed by atoms with E-state index in [9.17, 15) is 4.79 Å². The molecule has 1 amide bonds. The van der Waals surface area contributed by atoms with Gasteiger partial charge in [0.25, 0.3) is 5.91 Å². The first kappa shape index (κ1) is 12.9. The molecule has 3 N–H and O–H groups in total. The first-order valence-corrected chi connectivity index (χ1v) is 6.27. The van der Waals surface area contributed by atoms with Gasteiger partial charge in [-0.25, -0.2) is 0 Å². The Morgan fingerprint density at radius 3 is 2.75 bits per heavy atom. The molecule has 0 heterocycles. The van der Waals surface area contributed by atoms with E-state index in [0.717, 1.165) is 10.6 Å². The summed E-state index contributed by atoms with van der Waals surface area (Å²) in [5.41, 5.74) is 7.25. The smallest absolute Gasteiger partial charge is 0.251 e. The fourth-order valence-corrected chi connectivity index (χ4v) is 2.20. The molecule has 0 aliphatic rings. The average Bonchev–Trinajstić information content (AvgIpc) is 2.21. The number of thioether (sulfide) groups is 1. The summed E-state index contributed by atoms with van der Waals surface area (Å²) >= 11 is 1.67. The van der Waals surface area contributed by atoms with E-state index < -0.39 is 0 Å². The van der Waals surface area contributed by atoms with Crippen LogP contribution in [0.4, 0.5) is 5.69 Å². The lowest BCUT2D eigenvalue weighted by atomic mass is 10.2. The van der Waals surface area contributed by atoms with E-state index in [-0.39, 0.29) is 5.91 Å². The van der Waals surface area contributed by atoms with Crippen molar-refractivity contribution in [3.63, 3.8) is 0 Å². The van der Waals surface area contributed by atoms with E-state index in [0.29, 0.717) is 17.4 Å². The van der Waals surface area contributed by atoms with Gasteiger partial charge in [0.1, 0.15) is 0 Å². The van der Waals surface area contributed by atoms with E-state index in [1.807, 2.05) is 13.0 Å². The largest absolute Gasteiger partial charge is 0.398 e. The molecule has 3 nitrogen and oxygen atoms in total. The Labute approximate surface area is 101 Å². The number of hydrogen-bond acceptors (Lipinski definition) is 3. The number of nitrogens with one attached hydrogen (secondary N) is 1. The molecule has 88 valence electrons. The van der Waals surface area contributed by atoms with Crippen LogP contribution in [0, 0.1) is 0 Å². The van der Waals surface area contributed by atoms with Gasteiger partial charge in [0.05, 0.1) is 0 Å². The van der Waals surface area contributed by atoms with Crippen molar-refractivity contribution in [3.05, 3.63) is 23.8 Å². The number of nitrogen functional groups attached to an aromatic ring is 1. The standard InChI is InChI=1S/C12H18N2OS/c1-4-14-12(15)9-5-6-10(13)11(7-9)16-8(2)3/h5-8H,4,13H2,1-3H3,(H,14,15). The van der Waals surface area contributed by atoms with Gasteiger partial charge in [0, 0.05) is 27.9 Å². The van der Waals surface area contributed by atoms with E-state index in [1.165, 1.54) is 0 Å². The number of carbonyl (C=O) groups excluding carboxylic acids is 1. The van der Waals surface area contributed by atoms with Gasteiger partial charge in [-0.2, -0.15) is 0 Å². The normalized spacial score (nSPS) is 10.5. The monoisotopic (exact) mass is 238 g/mol. The van der Waals surface area contributed by atoms with Crippen molar-refractivity contribution in [2.24, 2.45) is 0 Å². The molecular formula is C12H18N2OS. The van der Waals surface area contributed by atoms with Crippen LogP contribution in [-0.2, 0) is 0 Å². The highest BCUT2D eigenvalue weighted by molar-refractivity contribution is 8.00. The second-order valence-corrected chi connectivity index (χ2v) is 5.40. The maximum Gasteiger partial charge on any atom is 0.251 e. The fraction of sp³-hybridized carbons (Fsp3) is 0.417. The predicted octanol–water partition coefficient (Wildman–Crippen LogP) is 2.52. The molecule has 4 heteroatoms. The number of hydrogen-bond donors (Lipinski definition) is 2. The molecule has 0 radical (unpaired) electrons. The summed E-state index contributed by atoms with van der Waals surface area (Å²) in [6.07, 6.45) is 0. The molecule has 0 saturated carbocycles. The zero-order chi connectivity index (χ0) is 12.1.